The monoisotopic (exact) mass is 867 g/mol. The number of hydrogen-bond donors (Lipinski definition) is 1. The Morgan fingerprint density at radius 1 is 0.470 bits per heavy atom. The second-order valence-corrected chi connectivity index (χ2v) is 22.7. The van der Waals surface area contributed by atoms with Crippen LogP contribution in [0.25, 0.3) is 55.3 Å². The fraction of sp³-hybridized carbons (Fsp3) is 0.262. The molecule has 0 radical (unpaired) electrons. The van der Waals surface area contributed by atoms with Gasteiger partial charge >= 0.3 is 7.26 Å². The summed E-state index contributed by atoms with van der Waals surface area (Å²) in [4.78, 5) is 3.66. The zero-order valence-electron chi connectivity index (χ0n) is 40.8. The largest absolute Gasteiger partial charge is 0.847 e. The van der Waals surface area contributed by atoms with E-state index in [0.717, 1.165) is 89.1 Å². The molecule has 0 saturated heterocycles. The van der Waals surface area contributed by atoms with Gasteiger partial charge in [0.15, 0.2) is 5.71 Å². The lowest BCUT2D eigenvalue weighted by atomic mass is 9.82. The van der Waals surface area contributed by atoms with Crippen LogP contribution in [0.2, 0.25) is 0 Å². The Balaban J connectivity index is 1.34. The third-order valence-corrected chi connectivity index (χ3v) is 14.0. The molecule has 66 heavy (non-hydrogen) atoms. The summed E-state index contributed by atoms with van der Waals surface area (Å²) in [6.45, 7) is 26.9. The first-order valence-corrected chi connectivity index (χ1v) is 23.6. The van der Waals surface area contributed by atoms with Crippen molar-refractivity contribution in [2.24, 2.45) is 0 Å². The molecule has 6 aromatic carbocycles. The van der Waals surface area contributed by atoms with Gasteiger partial charge in [0, 0.05) is 44.7 Å². The number of para-hydroxylation sites is 1. The molecule has 2 aromatic heterocycles. The number of hydrogen-bond acceptors (Lipinski definition) is 0. The second-order valence-electron chi connectivity index (χ2n) is 22.7. The number of allylic oxidation sites excluding steroid dienone is 2. The van der Waals surface area contributed by atoms with Crippen LogP contribution >= 0.6 is 0 Å². The molecule has 10 rings (SSSR count). The van der Waals surface area contributed by atoms with E-state index in [1.807, 2.05) is 8.96 Å². The molecule has 2 aliphatic heterocycles. The first-order chi connectivity index (χ1) is 31.2. The van der Waals surface area contributed by atoms with E-state index in [4.69, 9.17) is 0 Å². The van der Waals surface area contributed by atoms with Gasteiger partial charge < -0.3 is 4.98 Å². The standard InChI is InChI=1S/C61H61BFN3/c1-58(2,3)43-26-17-38(18-27-43)48-36-53(40-21-30-45(31-22-40)60(7,8)9)65-56(48)55(42-25-34-52-50(35-42)47-15-13-14-16-51(47)64-52)57-49(39-19-28-44(29-20-39)59(4,5)6)37-54(66(57)62(65)63)41-23-32-46(33-24-41)61(10,11)12/h13-37H,1-12H3/p+1. The van der Waals surface area contributed by atoms with Crippen LogP contribution in [-0.2, 0) is 21.7 Å². The van der Waals surface area contributed by atoms with Gasteiger partial charge in [-0.15, -0.1) is 0 Å². The summed E-state index contributed by atoms with van der Waals surface area (Å²) in [7, 11) is -1.57. The first-order valence-electron chi connectivity index (χ1n) is 23.6. The molecule has 0 aliphatic carbocycles. The molecule has 0 atom stereocenters. The van der Waals surface area contributed by atoms with Crippen molar-refractivity contribution in [3.8, 4) is 22.4 Å². The molecular formula is C61H62BFN3+. The van der Waals surface area contributed by atoms with Crippen molar-refractivity contribution in [2.45, 2.75) is 105 Å². The zero-order valence-corrected chi connectivity index (χ0v) is 40.8. The van der Waals surface area contributed by atoms with Crippen molar-refractivity contribution < 1.29 is 8.80 Å². The van der Waals surface area contributed by atoms with E-state index in [-0.39, 0.29) is 21.7 Å². The highest BCUT2D eigenvalue weighted by molar-refractivity contribution is 6.46. The van der Waals surface area contributed by atoms with Gasteiger partial charge in [-0.3, -0.25) is 4.48 Å². The molecule has 8 aromatic rings. The smallest absolute Gasteiger partial charge is 0.355 e. The highest BCUT2D eigenvalue weighted by Crippen LogP contribution is 2.49. The Morgan fingerprint density at radius 3 is 1.45 bits per heavy atom. The molecular weight excluding hydrogens is 805 g/mol. The molecule has 4 heterocycles. The molecule has 1 N–H and O–H groups in total. The molecule has 5 heteroatoms. The predicted molar refractivity (Wildman–Crippen MR) is 279 cm³/mol. The minimum atomic E-state index is -1.57. The van der Waals surface area contributed by atoms with Crippen LogP contribution < -0.4 is 0 Å². The van der Waals surface area contributed by atoms with Crippen LogP contribution in [0.5, 0.6) is 0 Å². The van der Waals surface area contributed by atoms with E-state index in [9.17, 15) is 0 Å². The van der Waals surface area contributed by atoms with E-state index in [1.54, 1.807) is 0 Å². The minimum absolute atomic E-state index is 0.0193. The molecule has 2 aliphatic rings. The number of rotatable bonds is 5. The van der Waals surface area contributed by atoms with Crippen molar-refractivity contribution >= 4 is 45.9 Å². The quantitative estimate of drug-likeness (QED) is 0.167. The summed E-state index contributed by atoms with van der Waals surface area (Å²) in [6, 6.07) is 53.0. The van der Waals surface area contributed by atoms with Crippen LogP contribution in [0.4, 0.5) is 4.32 Å². The molecule has 330 valence electrons. The van der Waals surface area contributed by atoms with Crippen LogP contribution in [0.1, 0.15) is 128 Å². The van der Waals surface area contributed by atoms with Crippen molar-refractivity contribution in [1.82, 2.24) is 9.46 Å². The number of nitrogens with zero attached hydrogens (tertiary/aromatic N) is 2. The number of aromatic amines is 1. The zero-order chi connectivity index (χ0) is 46.7. The summed E-state index contributed by atoms with van der Waals surface area (Å²) in [5, 5.41) is 2.30. The number of halogens is 1. The van der Waals surface area contributed by atoms with E-state index >= 15 is 4.32 Å². The summed E-state index contributed by atoms with van der Waals surface area (Å²) in [5.74, 6) is 0. The maximum Gasteiger partial charge on any atom is 0.847 e. The van der Waals surface area contributed by atoms with Gasteiger partial charge in [0.1, 0.15) is 0 Å². The van der Waals surface area contributed by atoms with Gasteiger partial charge in [0.25, 0.3) is 0 Å². The lowest BCUT2D eigenvalue weighted by Crippen LogP contribution is -2.41. The summed E-state index contributed by atoms with van der Waals surface area (Å²) in [6.07, 6.45) is 2.24. The maximum atomic E-state index is 19.1. The first kappa shape index (κ1) is 43.4. The molecule has 0 bridgehead atoms. The number of benzene rings is 6. The number of fused-ring (bicyclic) bond motifs is 5. The second kappa shape index (κ2) is 15.3. The van der Waals surface area contributed by atoms with Crippen LogP contribution in [-0.4, -0.2) is 26.9 Å². The van der Waals surface area contributed by atoms with Gasteiger partial charge in [-0.05, 0) is 103 Å². The summed E-state index contributed by atoms with van der Waals surface area (Å²) in [5.41, 5.74) is 18.5. The molecule has 0 amide bonds. The highest BCUT2D eigenvalue weighted by atomic mass is 19.1. The highest BCUT2D eigenvalue weighted by Gasteiger charge is 2.54. The van der Waals surface area contributed by atoms with Crippen LogP contribution in [0.15, 0.2) is 157 Å². The van der Waals surface area contributed by atoms with Crippen molar-refractivity contribution in [1.29, 1.82) is 0 Å². The Labute approximate surface area is 391 Å². The fourth-order valence-electron chi connectivity index (χ4n) is 9.97. The van der Waals surface area contributed by atoms with Gasteiger partial charge in [0.2, 0.25) is 5.70 Å². The predicted octanol–water partition coefficient (Wildman–Crippen LogP) is 15.8. The summed E-state index contributed by atoms with van der Waals surface area (Å²) >= 11 is 0. The van der Waals surface area contributed by atoms with Crippen molar-refractivity contribution in [3.05, 3.63) is 202 Å². The van der Waals surface area contributed by atoms with E-state index in [1.165, 1.54) is 22.3 Å². The molecule has 0 unspecified atom stereocenters. The summed E-state index contributed by atoms with van der Waals surface area (Å²) < 4.78 is 23.1. The Bertz CT molecular complexity index is 3290. The third-order valence-electron chi connectivity index (χ3n) is 14.0. The topological polar surface area (TPSA) is 23.7 Å². The van der Waals surface area contributed by atoms with E-state index in [2.05, 4.69) is 240 Å². The van der Waals surface area contributed by atoms with Gasteiger partial charge in [-0.25, -0.2) is 8.80 Å². The number of nitrogens with one attached hydrogen (secondary N) is 1. The maximum absolute atomic E-state index is 19.1. The third kappa shape index (κ3) is 7.41. The van der Waals surface area contributed by atoms with E-state index in [0.29, 0.717) is 0 Å². The molecule has 0 spiro atoms. The average Bonchev–Trinajstić information content (AvgIpc) is 3.98. The molecule has 0 fully saturated rings. The van der Waals surface area contributed by atoms with Gasteiger partial charge in [-0.1, -0.05) is 192 Å². The SMILES string of the molecule is CC(C)(C)c1ccc(C2=CC(c3ccc(C(C)(C)C)cc3)=[N+]3B(F)n4c(-c5ccc(C(C)(C)C)cc5)cc(-c5ccc(C(C)(C)C)cc5)c4C(c4ccc5[nH]c6ccccc6c5c4)=C23)cc1. The van der Waals surface area contributed by atoms with E-state index < -0.39 is 7.26 Å². The Morgan fingerprint density at radius 2 is 0.924 bits per heavy atom. The molecule has 3 nitrogen and oxygen atoms in total. The van der Waals surface area contributed by atoms with Crippen molar-refractivity contribution in [3.63, 3.8) is 0 Å². The van der Waals surface area contributed by atoms with Gasteiger partial charge in [-0.2, -0.15) is 0 Å². The lowest BCUT2D eigenvalue weighted by molar-refractivity contribution is -0.332. The van der Waals surface area contributed by atoms with Crippen LogP contribution in [0.3, 0.4) is 0 Å². The Kier molecular flexibility index (Phi) is 10.1. The number of aromatic nitrogens is 2. The fourth-order valence-corrected chi connectivity index (χ4v) is 9.97. The minimum Gasteiger partial charge on any atom is -0.355 e. The Hall–Kier alpha value is -6.46. The van der Waals surface area contributed by atoms with Gasteiger partial charge in [0.05, 0.1) is 16.8 Å². The number of H-pyrrole nitrogens is 1. The van der Waals surface area contributed by atoms with Crippen molar-refractivity contribution in [2.75, 3.05) is 0 Å². The molecule has 0 saturated carbocycles. The lowest BCUT2D eigenvalue weighted by Gasteiger charge is -2.25. The normalized spacial score (nSPS) is 14.7. The van der Waals surface area contributed by atoms with Crippen LogP contribution in [0, 0.1) is 0 Å². The average molecular weight is 867 g/mol.